The summed E-state index contributed by atoms with van der Waals surface area (Å²) in [5, 5.41) is 0. The molecule has 0 saturated carbocycles. The van der Waals surface area contributed by atoms with Crippen LogP contribution >= 0.6 is 50.9 Å². The quantitative estimate of drug-likeness (QED) is 0.676. The van der Waals surface area contributed by atoms with Crippen molar-refractivity contribution in [3.05, 3.63) is 30.3 Å². The van der Waals surface area contributed by atoms with Crippen molar-refractivity contribution < 1.29 is 24.1 Å². The third kappa shape index (κ3) is 7.53. The van der Waals surface area contributed by atoms with E-state index >= 15 is 0 Å². The molecule has 63 valence electrons. The van der Waals surface area contributed by atoms with E-state index in [1.165, 1.54) is 0 Å². The molecule has 0 radical (unpaired) electrons. The Morgan fingerprint density at radius 1 is 0.909 bits per heavy atom. The van der Waals surface area contributed by atoms with Crippen LogP contribution in [0.15, 0.2) is 30.3 Å². The summed E-state index contributed by atoms with van der Waals surface area (Å²) in [6.07, 6.45) is 0. The zero-order valence-corrected chi connectivity index (χ0v) is 12.2. The van der Waals surface area contributed by atoms with Crippen LogP contribution in [-0.4, -0.2) is 0 Å². The number of hydrogen-bond acceptors (Lipinski definition) is 1. The molecule has 0 bridgehead atoms. The summed E-state index contributed by atoms with van der Waals surface area (Å²) in [7, 11) is 0. The van der Waals surface area contributed by atoms with Gasteiger partial charge in [-0.25, -0.2) is 0 Å². The zero-order valence-electron chi connectivity index (χ0n) is 5.52. The van der Waals surface area contributed by atoms with Crippen molar-refractivity contribution in [3.63, 3.8) is 0 Å². The molecule has 0 aliphatic rings. The van der Waals surface area contributed by atoms with E-state index in [9.17, 15) is 0 Å². The van der Waals surface area contributed by atoms with E-state index in [2.05, 4.69) is 0 Å². The van der Waals surface area contributed by atoms with Crippen LogP contribution in [0, 0.1) is 0 Å². The van der Waals surface area contributed by atoms with Crippen LogP contribution in [0.1, 0.15) is 0 Å². The molecule has 5 heteroatoms. The van der Waals surface area contributed by atoms with Gasteiger partial charge in [0.2, 0.25) is 0 Å². The number of hydrogen-bond donors (Lipinski definition) is 0. The first-order chi connectivity index (χ1) is 3.93. The Bertz CT molecular complexity index is 159. The van der Waals surface area contributed by atoms with Crippen molar-refractivity contribution in [2.75, 3.05) is 0 Å². The summed E-state index contributed by atoms with van der Waals surface area (Å²) in [4.78, 5) is 0. The van der Waals surface area contributed by atoms with Crippen LogP contribution in [0.2, 0.25) is 0 Å². The van der Waals surface area contributed by atoms with Gasteiger partial charge in [0.25, 0.3) is 0 Å². The third-order valence-corrected chi connectivity index (χ3v) is 1.23. The molecule has 0 aliphatic heterocycles. The van der Waals surface area contributed by atoms with Gasteiger partial charge in [-0.1, -0.05) is 0 Å². The van der Waals surface area contributed by atoms with Crippen LogP contribution in [-0.2, 0) is 20.8 Å². The summed E-state index contributed by atoms with van der Waals surface area (Å²) < 4.78 is 4.91. The van der Waals surface area contributed by atoms with Crippen LogP contribution in [0.5, 0.6) is 5.75 Å². The zero-order chi connectivity index (χ0) is 5.82. The monoisotopic (exact) mass is 381 g/mol. The standard InChI is InChI=1S/C6H6O.3BrH.Ti/c7-6-4-2-1-3-5-6;;;;/h1-5,7H;3*1H;/q;;;;+1/p-1. The molecule has 1 nitrogen and oxygen atoms in total. The average Bonchev–Trinajstić information content (AvgIpc) is 1.90. The topological polar surface area (TPSA) is 9.23 Å². The molecule has 0 aliphatic carbocycles. The first kappa shape index (κ1) is 18.1. The Hall–Kier alpha value is 1.17. The van der Waals surface area contributed by atoms with Gasteiger partial charge in [0.1, 0.15) is 0 Å². The van der Waals surface area contributed by atoms with Gasteiger partial charge < -0.3 is 0 Å². The van der Waals surface area contributed by atoms with Crippen LogP contribution in [0.3, 0.4) is 0 Å². The maximum atomic E-state index is 4.91. The Labute approximate surface area is 110 Å². The van der Waals surface area contributed by atoms with E-state index in [1.807, 2.05) is 30.3 Å². The summed E-state index contributed by atoms with van der Waals surface area (Å²) in [5.41, 5.74) is 0. The summed E-state index contributed by atoms with van der Waals surface area (Å²) in [5.74, 6) is 0.910. The van der Waals surface area contributed by atoms with Gasteiger partial charge in [0.15, 0.2) is 0 Å². The Balaban J connectivity index is -0.000000213. The fourth-order valence-corrected chi connectivity index (χ4v) is 0.701. The Morgan fingerprint density at radius 3 is 1.64 bits per heavy atom. The van der Waals surface area contributed by atoms with E-state index in [-0.39, 0.29) is 50.9 Å². The van der Waals surface area contributed by atoms with Gasteiger partial charge in [-0.05, 0) is 0 Å². The molecule has 0 atom stereocenters. The molecule has 11 heavy (non-hydrogen) atoms. The van der Waals surface area contributed by atoms with E-state index in [4.69, 9.17) is 3.32 Å². The number of rotatable bonds is 1. The Morgan fingerprint density at radius 2 is 1.36 bits per heavy atom. The van der Waals surface area contributed by atoms with Gasteiger partial charge in [0.05, 0.1) is 0 Å². The molecule has 0 saturated heterocycles. The predicted molar refractivity (Wildman–Crippen MR) is 58.0 cm³/mol. The molecule has 1 rings (SSSR count). The van der Waals surface area contributed by atoms with Crippen molar-refractivity contribution in [1.29, 1.82) is 0 Å². The molecule has 1 aromatic carbocycles. The minimum absolute atomic E-state index is 0. The van der Waals surface area contributed by atoms with Gasteiger partial charge >= 0.3 is 60.2 Å². The van der Waals surface area contributed by atoms with Crippen molar-refractivity contribution >= 4 is 50.9 Å². The molecule has 0 aromatic heterocycles. The van der Waals surface area contributed by atoms with Crippen molar-refractivity contribution in [1.82, 2.24) is 0 Å². The molecule has 0 spiro atoms. The summed E-state index contributed by atoms with van der Waals surface area (Å²) in [6.45, 7) is 0. The normalized spacial score (nSPS) is 6.09. The van der Waals surface area contributed by atoms with Crippen molar-refractivity contribution in [3.8, 4) is 5.75 Å². The van der Waals surface area contributed by atoms with Gasteiger partial charge in [0, 0.05) is 0 Å². The second-order valence-electron chi connectivity index (χ2n) is 1.42. The first-order valence-electron chi connectivity index (χ1n) is 2.32. The van der Waals surface area contributed by atoms with E-state index in [0.29, 0.717) is 0 Å². The Kier molecular flexibility index (Phi) is 18.3. The molecule has 0 heterocycles. The maximum absolute atomic E-state index is 4.91. The first-order valence-corrected chi connectivity index (χ1v) is 2.96. The van der Waals surface area contributed by atoms with E-state index in [0.717, 1.165) is 5.75 Å². The van der Waals surface area contributed by atoms with E-state index < -0.39 is 0 Å². The van der Waals surface area contributed by atoms with Crippen LogP contribution in [0.4, 0.5) is 0 Å². The fourth-order valence-electron chi connectivity index (χ4n) is 0.489. The molecular formula is C6H8Br3OTi. The fraction of sp³-hybridized carbons (Fsp3) is 0. The van der Waals surface area contributed by atoms with Crippen LogP contribution < -0.4 is 3.32 Å². The van der Waals surface area contributed by atoms with Gasteiger partial charge in [-0.3, -0.25) is 0 Å². The summed E-state index contributed by atoms with van der Waals surface area (Å²) in [6, 6.07) is 9.68. The van der Waals surface area contributed by atoms with Gasteiger partial charge in [-0.2, -0.15) is 0 Å². The second kappa shape index (κ2) is 11.2. The number of halogens is 3. The summed E-state index contributed by atoms with van der Waals surface area (Å²) >= 11 is 1.66. The molecule has 0 N–H and O–H groups in total. The molecule has 0 fully saturated rings. The second-order valence-corrected chi connectivity index (χ2v) is 1.73. The van der Waals surface area contributed by atoms with Crippen LogP contribution in [0.25, 0.3) is 0 Å². The number of para-hydroxylation sites is 1. The van der Waals surface area contributed by atoms with Crippen molar-refractivity contribution in [2.24, 2.45) is 0 Å². The molecular weight excluding hydrogens is 376 g/mol. The predicted octanol–water partition coefficient (Wildman–Crippen LogP) is 3.26. The minimum atomic E-state index is 0. The molecule has 1 aromatic rings. The third-order valence-electron chi connectivity index (χ3n) is 0.861. The van der Waals surface area contributed by atoms with Gasteiger partial charge in [-0.15, -0.1) is 50.9 Å². The molecule has 0 unspecified atom stereocenters. The SMILES string of the molecule is Br.Br.Br.[Ti][O]c1ccccc1. The van der Waals surface area contributed by atoms with Crippen molar-refractivity contribution in [2.45, 2.75) is 0 Å². The molecule has 0 amide bonds. The number of benzene rings is 1. The average molecular weight is 384 g/mol. The van der Waals surface area contributed by atoms with E-state index in [1.54, 1.807) is 20.8 Å².